The van der Waals surface area contributed by atoms with E-state index in [1.807, 2.05) is 0 Å². The molecule has 40 heavy (non-hydrogen) atoms. The SMILES string of the molecule is CCOC(=O)C1=C(C)N=c2s/c(=C/c3cc(Br)c(Sc4ncccn4)o3)c(=O)n2[C@H]1c1ccc(OC)cc1OC. The summed E-state index contributed by atoms with van der Waals surface area (Å²) >= 11 is 5.96. The van der Waals surface area contributed by atoms with Gasteiger partial charge in [-0.3, -0.25) is 9.36 Å². The molecule has 3 aromatic heterocycles. The van der Waals surface area contributed by atoms with Gasteiger partial charge in [0, 0.05) is 30.1 Å². The highest BCUT2D eigenvalue weighted by molar-refractivity contribution is 9.10. The first-order valence-electron chi connectivity index (χ1n) is 12.0. The van der Waals surface area contributed by atoms with Crippen molar-refractivity contribution < 1.29 is 23.4 Å². The number of rotatable bonds is 8. The fourth-order valence-electron chi connectivity index (χ4n) is 4.19. The van der Waals surface area contributed by atoms with Gasteiger partial charge in [0.2, 0.25) is 0 Å². The number of carbonyl (C=O) groups is 1. The zero-order valence-electron chi connectivity index (χ0n) is 21.8. The number of ether oxygens (including phenoxy) is 3. The highest BCUT2D eigenvalue weighted by Crippen LogP contribution is 2.38. The van der Waals surface area contributed by atoms with Crippen LogP contribution in [-0.4, -0.2) is 41.3 Å². The minimum absolute atomic E-state index is 0.175. The van der Waals surface area contributed by atoms with Gasteiger partial charge in [0.1, 0.15) is 23.3 Å². The Labute approximate surface area is 245 Å². The van der Waals surface area contributed by atoms with E-state index < -0.39 is 12.0 Å². The van der Waals surface area contributed by atoms with Gasteiger partial charge in [-0.05, 0) is 65.8 Å². The molecule has 0 aliphatic carbocycles. The molecular weight excluding hydrogens is 620 g/mol. The molecule has 0 fully saturated rings. The molecule has 1 aromatic carbocycles. The molecule has 0 spiro atoms. The van der Waals surface area contributed by atoms with Crippen LogP contribution in [0.4, 0.5) is 0 Å². The van der Waals surface area contributed by atoms with E-state index in [1.54, 1.807) is 69.8 Å². The topological polar surface area (TPSA) is 118 Å². The lowest BCUT2D eigenvalue weighted by Crippen LogP contribution is -2.40. The number of benzene rings is 1. The lowest BCUT2D eigenvalue weighted by molar-refractivity contribution is -0.139. The van der Waals surface area contributed by atoms with Crippen molar-refractivity contribution in [2.75, 3.05) is 20.8 Å². The van der Waals surface area contributed by atoms with Gasteiger partial charge >= 0.3 is 5.97 Å². The zero-order valence-corrected chi connectivity index (χ0v) is 25.1. The fraction of sp³-hybridized carbons (Fsp3) is 0.222. The molecule has 0 saturated carbocycles. The van der Waals surface area contributed by atoms with Crippen LogP contribution in [0.25, 0.3) is 6.08 Å². The highest BCUT2D eigenvalue weighted by atomic mass is 79.9. The molecule has 0 saturated heterocycles. The van der Waals surface area contributed by atoms with Gasteiger partial charge in [-0.15, -0.1) is 0 Å². The second-order valence-electron chi connectivity index (χ2n) is 8.33. The number of nitrogens with zero attached hydrogens (tertiary/aromatic N) is 4. The second kappa shape index (κ2) is 11.8. The summed E-state index contributed by atoms with van der Waals surface area (Å²) in [5, 5.41) is 1.07. The highest BCUT2D eigenvalue weighted by Gasteiger charge is 2.35. The first-order valence-corrected chi connectivity index (χ1v) is 14.4. The number of aromatic nitrogens is 3. The number of methoxy groups -OCH3 is 2. The van der Waals surface area contributed by atoms with Gasteiger partial charge in [0.15, 0.2) is 15.1 Å². The quantitative estimate of drug-likeness (QED) is 0.207. The monoisotopic (exact) mass is 642 g/mol. The Morgan fingerprint density at radius 2 is 2.00 bits per heavy atom. The first kappa shape index (κ1) is 27.9. The standard InChI is InChI=1S/C27H23BrN4O6S2/c1-5-37-24(34)21-14(2)31-27-32(22(21)17-8-7-15(35-3)12-19(17)36-4)23(33)20(39-27)13-16-11-18(28)25(38-16)40-26-29-9-6-10-30-26/h6-13,22H,5H2,1-4H3/b20-13+/t22-/m0/s1. The Morgan fingerprint density at radius 1 is 1.23 bits per heavy atom. The number of furan rings is 1. The van der Waals surface area contributed by atoms with Crippen LogP contribution in [0.15, 0.2) is 82.9 Å². The molecule has 0 radical (unpaired) electrons. The number of halogens is 1. The van der Waals surface area contributed by atoms with Crippen LogP contribution in [-0.2, 0) is 9.53 Å². The van der Waals surface area contributed by atoms with Crippen LogP contribution < -0.4 is 24.4 Å². The fourth-order valence-corrected chi connectivity index (χ4v) is 6.45. The van der Waals surface area contributed by atoms with Crippen molar-refractivity contribution in [2.45, 2.75) is 30.1 Å². The number of carbonyl (C=O) groups excluding carboxylic acids is 1. The van der Waals surface area contributed by atoms with Crippen LogP contribution in [0.2, 0.25) is 0 Å². The van der Waals surface area contributed by atoms with Gasteiger partial charge in [-0.1, -0.05) is 11.3 Å². The van der Waals surface area contributed by atoms with Crippen molar-refractivity contribution in [3.05, 3.63) is 89.5 Å². The molecule has 0 unspecified atom stereocenters. The molecule has 206 valence electrons. The Kier molecular flexibility index (Phi) is 8.24. The third kappa shape index (κ3) is 5.36. The van der Waals surface area contributed by atoms with E-state index >= 15 is 0 Å². The van der Waals surface area contributed by atoms with Crippen LogP contribution in [0.3, 0.4) is 0 Å². The normalized spacial score (nSPS) is 15.0. The molecule has 4 aromatic rings. The predicted octanol–water partition coefficient (Wildman–Crippen LogP) is 4.11. The summed E-state index contributed by atoms with van der Waals surface area (Å²) in [6.45, 7) is 3.63. The maximum Gasteiger partial charge on any atom is 0.338 e. The Bertz CT molecular complexity index is 1800. The van der Waals surface area contributed by atoms with Gasteiger partial charge in [0.25, 0.3) is 5.56 Å². The molecule has 0 N–H and O–H groups in total. The summed E-state index contributed by atoms with van der Waals surface area (Å²) in [6, 6.07) is 7.90. The maximum absolute atomic E-state index is 13.9. The van der Waals surface area contributed by atoms with Crippen LogP contribution >= 0.6 is 39.0 Å². The van der Waals surface area contributed by atoms with Crippen molar-refractivity contribution in [3.63, 3.8) is 0 Å². The van der Waals surface area contributed by atoms with E-state index in [4.69, 9.17) is 18.6 Å². The molecule has 13 heteroatoms. The molecule has 5 rings (SSSR count). The molecule has 4 heterocycles. The van der Waals surface area contributed by atoms with Crippen molar-refractivity contribution in [1.82, 2.24) is 14.5 Å². The average Bonchev–Trinajstić information content (AvgIpc) is 3.45. The number of allylic oxidation sites excluding steroid dienone is 1. The molecule has 0 amide bonds. The van der Waals surface area contributed by atoms with Gasteiger partial charge in [0.05, 0.1) is 41.1 Å². The third-order valence-corrected chi connectivity index (χ3v) is 8.64. The molecule has 0 bridgehead atoms. The molecule has 10 nitrogen and oxygen atoms in total. The predicted molar refractivity (Wildman–Crippen MR) is 153 cm³/mol. The van der Waals surface area contributed by atoms with Crippen molar-refractivity contribution in [3.8, 4) is 11.5 Å². The smallest absolute Gasteiger partial charge is 0.338 e. The van der Waals surface area contributed by atoms with E-state index in [9.17, 15) is 9.59 Å². The number of thiazole rings is 1. The van der Waals surface area contributed by atoms with Gasteiger partial charge < -0.3 is 18.6 Å². The molecule has 1 aliphatic heterocycles. The average molecular weight is 644 g/mol. The summed E-state index contributed by atoms with van der Waals surface area (Å²) in [4.78, 5) is 40.5. The van der Waals surface area contributed by atoms with Crippen molar-refractivity contribution >= 4 is 51.1 Å². The number of hydrogen-bond donors (Lipinski definition) is 0. The number of hydrogen-bond acceptors (Lipinski definition) is 11. The summed E-state index contributed by atoms with van der Waals surface area (Å²) in [5.74, 6) is 0.927. The van der Waals surface area contributed by atoms with E-state index in [-0.39, 0.29) is 17.7 Å². The molecular formula is C27H23BrN4O6S2. The lowest BCUT2D eigenvalue weighted by Gasteiger charge is -2.26. The number of fused-ring (bicyclic) bond motifs is 1. The van der Waals surface area contributed by atoms with E-state index in [0.717, 1.165) is 0 Å². The molecule has 1 atom stereocenters. The summed E-state index contributed by atoms with van der Waals surface area (Å²) in [5.41, 5.74) is 0.965. The Hall–Kier alpha value is -3.68. The van der Waals surface area contributed by atoms with Crippen molar-refractivity contribution in [1.29, 1.82) is 0 Å². The van der Waals surface area contributed by atoms with E-state index in [1.165, 1.54) is 34.8 Å². The lowest BCUT2D eigenvalue weighted by atomic mass is 9.95. The number of esters is 1. The summed E-state index contributed by atoms with van der Waals surface area (Å²) in [7, 11) is 3.07. The Morgan fingerprint density at radius 3 is 2.70 bits per heavy atom. The van der Waals surface area contributed by atoms with Gasteiger partial charge in [-0.25, -0.2) is 19.8 Å². The summed E-state index contributed by atoms with van der Waals surface area (Å²) in [6.07, 6.45) is 4.94. The maximum atomic E-state index is 13.9. The third-order valence-electron chi connectivity index (χ3n) is 5.93. The second-order valence-corrected chi connectivity index (χ2v) is 11.1. The van der Waals surface area contributed by atoms with Gasteiger partial charge in [-0.2, -0.15) is 0 Å². The van der Waals surface area contributed by atoms with Crippen molar-refractivity contribution in [2.24, 2.45) is 4.99 Å². The van der Waals surface area contributed by atoms with E-state index in [2.05, 4.69) is 30.9 Å². The van der Waals surface area contributed by atoms with Crippen LogP contribution in [0.5, 0.6) is 11.5 Å². The summed E-state index contributed by atoms with van der Waals surface area (Å²) < 4.78 is 24.9. The minimum Gasteiger partial charge on any atom is -0.497 e. The Balaban J connectivity index is 1.65. The molecule has 1 aliphatic rings. The first-order chi connectivity index (χ1) is 19.3. The van der Waals surface area contributed by atoms with Crippen LogP contribution in [0.1, 0.15) is 31.2 Å². The van der Waals surface area contributed by atoms with E-state index in [0.29, 0.717) is 52.6 Å². The van der Waals surface area contributed by atoms with Crippen LogP contribution in [0, 0.1) is 0 Å². The largest absolute Gasteiger partial charge is 0.497 e. The minimum atomic E-state index is -0.831. The zero-order chi connectivity index (χ0) is 28.4.